The van der Waals surface area contributed by atoms with Crippen LogP contribution in [0.2, 0.25) is 0 Å². The second-order valence-corrected chi connectivity index (χ2v) is 21.0. The molecule has 0 saturated carbocycles. The standard InChI is InChI=1S/C62H119NO5/c1-3-5-7-9-11-13-15-16-17-18-19-20-21-22-23-24-25-28-31-35-38-42-46-50-54-60(65)59(58-64)63-61(66)55-51-47-43-39-36-32-29-26-27-30-33-37-41-45-49-53-57-68-62(67)56-52-48-44-40-34-14-12-10-8-6-4-2/h26,29,50,54,59-60,64-65H,3-25,27-28,30-49,51-53,55-58H2,1-2H3,(H,63,66)/b29-26-,54-50+. The van der Waals surface area contributed by atoms with E-state index in [1.54, 1.807) is 6.08 Å². The van der Waals surface area contributed by atoms with Crippen molar-refractivity contribution in [3.63, 3.8) is 0 Å². The quantitative estimate of drug-likeness (QED) is 0.0321. The highest BCUT2D eigenvalue weighted by molar-refractivity contribution is 5.76. The molecule has 402 valence electrons. The number of unbranched alkanes of at least 4 members (excludes halogenated alkanes) is 44. The maximum Gasteiger partial charge on any atom is 0.305 e. The number of hydrogen-bond acceptors (Lipinski definition) is 5. The van der Waals surface area contributed by atoms with Gasteiger partial charge in [-0.3, -0.25) is 9.59 Å². The molecule has 0 fully saturated rings. The molecule has 0 aromatic heterocycles. The van der Waals surface area contributed by atoms with Crippen LogP contribution in [0.1, 0.15) is 335 Å². The van der Waals surface area contributed by atoms with Crippen molar-refractivity contribution in [2.24, 2.45) is 0 Å². The number of aliphatic hydroxyl groups excluding tert-OH is 2. The number of ether oxygens (including phenoxy) is 1. The first kappa shape index (κ1) is 66.3. The fourth-order valence-electron chi connectivity index (χ4n) is 9.51. The zero-order valence-corrected chi connectivity index (χ0v) is 45.9. The third-order valence-electron chi connectivity index (χ3n) is 14.2. The highest BCUT2D eigenvalue weighted by atomic mass is 16.5. The van der Waals surface area contributed by atoms with Gasteiger partial charge in [-0.05, 0) is 57.8 Å². The van der Waals surface area contributed by atoms with Gasteiger partial charge in [-0.25, -0.2) is 0 Å². The first-order valence-electron chi connectivity index (χ1n) is 30.6. The molecule has 0 rings (SSSR count). The fraction of sp³-hybridized carbons (Fsp3) is 0.903. The number of rotatable bonds is 57. The second kappa shape index (κ2) is 57.9. The van der Waals surface area contributed by atoms with Crippen molar-refractivity contribution in [3.8, 4) is 0 Å². The smallest absolute Gasteiger partial charge is 0.305 e. The van der Waals surface area contributed by atoms with Crippen LogP contribution in [0.15, 0.2) is 24.3 Å². The highest BCUT2D eigenvalue weighted by Gasteiger charge is 2.18. The average molecular weight is 959 g/mol. The van der Waals surface area contributed by atoms with Crippen molar-refractivity contribution in [1.82, 2.24) is 5.32 Å². The Labute approximate surface area is 424 Å². The topological polar surface area (TPSA) is 95.9 Å². The van der Waals surface area contributed by atoms with Crippen molar-refractivity contribution in [1.29, 1.82) is 0 Å². The van der Waals surface area contributed by atoms with Crippen LogP contribution >= 0.6 is 0 Å². The predicted octanol–water partition coefficient (Wildman–Crippen LogP) is 19.0. The maximum absolute atomic E-state index is 12.5. The van der Waals surface area contributed by atoms with E-state index < -0.39 is 12.1 Å². The van der Waals surface area contributed by atoms with Gasteiger partial charge in [0.25, 0.3) is 0 Å². The van der Waals surface area contributed by atoms with Gasteiger partial charge in [0, 0.05) is 12.8 Å². The number of aliphatic hydroxyl groups is 2. The molecule has 0 saturated heterocycles. The molecule has 0 aromatic rings. The molecular weight excluding hydrogens is 839 g/mol. The lowest BCUT2D eigenvalue weighted by Crippen LogP contribution is -2.45. The van der Waals surface area contributed by atoms with Gasteiger partial charge >= 0.3 is 5.97 Å². The molecular formula is C62H119NO5. The summed E-state index contributed by atoms with van der Waals surface area (Å²) >= 11 is 0. The van der Waals surface area contributed by atoms with Gasteiger partial charge in [-0.2, -0.15) is 0 Å². The monoisotopic (exact) mass is 958 g/mol. The van der Waals surface area contributed by atoms with Crippen LogP contribution in [-0.4, -0.2) is 47.4 Å². The summed E-state index contributed by atoms with van der Waals surface area (Å²) in [4.78, 5) is 24.5. The number of carbonyl (C=O) groups excluding carboxylic acids is 2. The molecule has 6 heteroatoms. The molecule has 0 aliphatic heterocycles. The summed E-state index contributed by atoms with van der Waals surface area (Å²) in [6.07, 6.45) is 70.7. The Balaban J connectivity index is 3.50. The Morgan fingerprint density at radius 2 is 0.691 bits per heavy atom. The SMILES string of the molecule is CCCCCCCCCCCCCCCCCCCCCCCC/C=C/C(O)C(CO)NC(=O)CCCCCCC/C=C\CCCCCCCCCOC(=O)CCCCCCCCCCCCC. The highest BCUT2D eigenvalue weighted by Crippen LogP contribution is 2.17. The predicted molar refractivity (Wildman–Crippen MR) is 296 cm³/mol. The van der Waals surface area contributed by atoms with Crippen LogP contribution in [0.25, 0.3) is 0 Å². The normalized spacial score (nSPS) is 12.7. The number of carbonyl (C=O) groups is 2. The summed E-state index contributed by atoms with van der Waals surface area (Å²) in [7, 11) is 0. The molecule has 3 N–H and O–H groups in total. The number of allylic oxidation sites excluding steroid dienone is 3. The third-order valence-corrected chi connectivity index (χ3v) is 14.2. The van der Waals surface area contributed by atoms with E-state index >= 15 is 0 Å². The van der Waals surface area contributed by atoms with Gasteiger partial charge in [0.15, 0.2) is 0 Å². The van der Waals surface area contributed by atoms with Crippen LogP contribution in [0, 0.1) is 0 Å². The minimum Gasteiger partial charge on any atom is -0.466 e. The van der Waals surface area contributed by atoms with Gasteiger partial charge in [0.2, 0.25) is 5.91 Å². The summed E-state index contributed by atoms with van der Waals surface area (Å²) in [5.74, 6) is -0.0854. The lowest BCUT2D eigenvalue weighted by atomic mass is 10.0. The molecule has 0 bridgehead atoms. The first-order valence-corrected chi connectivity index (χ1v) is 30.6. The molecule has 0 aromatic carbocycles. The maximum atomic E-state index is 12.5. The van der Waals surface area contributed by atoms with Crippen LogP contribution in [0.5, 0.6) is 0 Å². The summed E-state index contributed by atoms with van der Waals surface area (Å²) in [5, 5.41) is 23.2. The van der Waals surface area contributed by atoms with E-state index in [0.717, 1.165) is 64.2 Å². The average Bonchev–Trinajstić information content (AvgIpc) is 3.34. The van der Waals surface area contributed by atoms with E-state index in [4.69, 9.17) is 4.74 Å². The minimum absolute atomic E-state index is 0.00364. The number of amides is 1. The molecule has 0 spiro atoms. The van der Waals surface area contributed by atoms with E-state index in [9.17, 15) is 19.8 Å². The van der Waals surface area contributed by atoms with E-state index in [-0.39, 0.29) is 18.5 Å². The minimum atomic E-state index is -0.856. The van der Waals surface area contributed by atoms with Gasteiger partial charge < -0.3 is 20.3 Å². The Morgan fingerprint density at radius 1 is 0.397 bits per heavy atom. The summed E-state index contributed by atoms with van der Waals surface area (Å²) in [6, 6.07) is -0.641. The largest absolute Gasteiger partial charge is 0.466 e. The van der Waals surface area contributed by atoms with Gasteiger partial charge in [0.05, 0.1) is 25.4 Å². The molecule has 0 heterocycles. The fourth-order valence-corrected chi connectivity index (χ4v) is 9.51. The molecule has 2 unspecified atom stereocenters. The number of esters is 1. The van der Waals surface area contributed by atoms with Crippen molar-refractivity contribution in [2.75, 3.05) is 13.2 Å². The molecule has 68 heavy (non-hydrogen) atoms. The molecule has 1 amide bonds. The Hall–Kier alpha value is -1.66. The Kier molecular flexibility index (Phi) is 56.5. The molecule has 0 radical (unpaired) electrons. The number of nitrogens with one attached hydrogen (secondary N) is 1. The Bertz CT molecular complexity index is 1060. The van der Waals surface area contributed by atoms with E-state index in [1.807, 2.05) is 6.08 Å². The zero-order valence-electron chi connectivity index (χ0n) is 45.9. The molecule has 0 aliphatic carbocycles. The van der Waals surface area contributed by atoms with Gasteiger partial charge in [-0.15, -0.1) is 0 Å². The molecule has 2 atom stereocenters. The first-order chi connectivity index (χ1) is 33.5. The Morgan fingerprint density at radius 3 is 1.04 bits per heavy atom. The third kappa shape index (κ3) is 53.7. The lowest BCUT2D eigenvalue weighted by Gasteiger charge is -2.20. The van der Waals surface area contributed by atoms with Crippen molar-refractivity contribution in [3.05, 3.63) is 24.3 Å². The van der Waals surface area contributed by atoms with Crippen molar-refractivity contribution in [2.45, 2.75) is 347 Å². The van der Waals surface area contributed by atoms with E-state index in [1.165, 1.54) is 244 Å². The number of hydrogen-bond donors (Lipinski definition) is 3. The van der Waals surface area contributed by atoms with Crippen molar-refractivity contribution < 1.29 is 24.5 Å². The van der Waals surface area contributed by atoms with Crippen LogP contribution in [0.4, 0.5) is 0 Å². The van der Waals surface area contributed by atoms with Gasteiger partial charge in [-0.1, -0.05) is 289 Å². The lowest BCUT2D eigenvalue weighted by molar-refractivity contribution is -0.143. The van der Waals surface area contributed by atoms with Crippen LogP contribution in [0.3, 0.4) is 0 Å². The molecule has 6 nitrogen and oxygen atoms in total. The van der Waals surface area contributed by atoms with Gasteiger partial charge in [0.1, 0.15) is 0 Å². The summed E-state index contributed by atoms with van der Waals surface area (Å²) in [6.45, 7) is 4.90. The van der Waals surface area contributed by atoms with E-state index in [2.05, 4.69) is 31.3 Å². The van der Waals surface area contributed by atoms with Crippen molar-refractivity contribution >= 4 is 11.9 Å². The zero-order chi connectivity index (χ0) is 49.3. The van der Waals surface area contributed by atoms with Crippen LogP contribution < -0.4 is 5.32 Å². The second-order valence-electron chi connectivity index (χ2n) is 21.0. The van der Waals surface area contributed by atoms with E-state index in [0.29, 0.717) is 19.4 Å². The summed E-state index contributed by atoms with van der Waals surface area (Å²) in [5.41, 5.74) is 0. The summed E-state index contributed by atoms with van der Waals surface area (Å²) < 4.78 is 5.45. The van der Waals surface area contributed by atoms with Crippen LogP contribution in [-0.2, 0) is 14.3 Å². The molecule has 0 aliphatic rings.